The predicted molar refractivity (Wildman–Crippen MR) is 67.3 cm³/mol. The summed E-state index contributed by atoms with van der Waals surface area (Å²) in [6, 6.07) is 3.19. The lowest BCUT2D eigenvalue weighted by atomic mass is 10.2. The summed E-state index contributed by atoms with van der Waals surface area (Å²) in [5.74, 6) is 0.0833. The molecule has 2 rings (SSSR count). The van der Waals surface area contributed by atoms with Gasteiger partial charge in [-0.15, -0.1) is 0 Å². The summed E-state index contributed by atoms with van der Waals surface area (Å²) in [6.45, 7) is 1.74. The van der Waals surface area contributed by atoms with Crippen LogP contribution in [0.15, 0.2) is 17.2 Å². The molecule has 0 spiro atoms. The maximum atomic E-state index is 11.4. The van der Waals surface area contributed by atoms with Gasteiger partial charge in [-0.1, -0.05) is 23.2 Å². The Hall–Kier alpha value is -1.13. The third-order valence-electron chi connectivity index (χ3n) is 2.41. The Morgan fingerprint density at radius 2 is 2.18 bits per heavy atom. The van der Waals surface area contributed by atoms with Gasteiger partial charge in [0.15, 0.2) is 0 Å². The Morgan fingerprint density at radius 1 is 1.47 bits per heavy atom. The zero-order valence-corrected chi connectivity index (χ0v) is 10.7. The highest BCUT2D eigenvalue weighted by Gasteiger charge is 2.29. The van der Waals surface area contributed by atoms with Gasteiger partial charge in [-0.05, 0) is 31.9 Å². The second-order valence-electron chi connectivity index (χ2n) is 3.94. The number of carbonyl (C=O) groups is 1. The Morgan fingerprint density at radius 3 is 2.76 bits per heavy atom. The van der Waals surface area contributed by atoms with Crippen LogP contribution in [0, 0.1) is 5.92 Å². The van der Waals surface area contributed by atoms with E-state index in [0.29, 0.717) is 21.6 Å². The molecule has 1 fully saturated rings. The van der Waals surface area contributed by atoms with Crippen molar-refractivity contribution in [3.05, 3.63) is 28.0 Å². The van der Waals surface area contributed by atoms with Gasteiger partial charge in [-0.2, -0.15) is 5.10 Å². The molecule has 0 radical (unpaired) electrons. The number of nitrogens with one attached hydrogen (secondary N) is 1. The summed E-state index contributed by atoms with van der Waals surface area (Å²) in [6.07, 6.45) is 1.89. The van der Waals surface area contributed by atoms with Crippen LogP contribution in [0.1, 0.15) is 25.5 Å². The molecule has 90 valence electrons. The number of hydrazone groups is 1. The largest absolute Gasteiger partial charge is 0.273 e. The molecule has 0 atom stereocenters. The Labute approximate surface area is 109 Å². The lowest BCUT2D eigenvalue weighted by molar-refractivity contribution is -0.122. The van der Waals surface area contributed by atoms with Crippen molar-refractivity contribution in [2.24, 2.45) is 11.0 Å². The van der Waals surface area contributed by atoms with Gasteiger partial charge in [0.25, 0.3) is 0 Å². The summed E-state index contributed by atoms with van der Waals surface area (Å²) in [5.41, 5.74) is 3.63. The van der Waals surface area contributed by atoms with Crippen LogP contribution in [0.4, 0.5) is 0 Å². The van der Waals surface area contributed by atoms with Crippen LogP contribution >= 0.6 is 23.2 Å². The van der Waals surface area contributed by atoms with Gasteiger partial charge >= 0.3 is 0 Å². The van der Waals surface area contributed by atoms with Gasteiger partial charge < -0.3 is 0 Å². The van der Waals surface area contributed by atoms with Crippen LogP contribution in [0.25, 0.3) is 0 Å². The second-order valence-corrected chi connectivity index (χ2v) is 4.76. The standard InChI is InChI=1S/C11H11Cl2N3O/c1-6(15-16-11(17)7-2-3-7)9-4-8(12)5-10(13)14-9/h4-5,7H,2-3H2,1H3,(H,16,17)/b15-6+. The topological polar surface area (TPSA) is 54.4 Å². The number of nitrogens with zero attached hydrogens (tertiary/aromatic N) is 2. The molecule has 1 aromatic heterocycles. The second kappa shape index (κ2) is 5.02. The Balaban J connectivity index is 2.09. The van der Waals surface area contributed by atoms with E-state index in [9.17, 15) is 4.79 Å². The zero-order chi connectivity index (χ0) is 12.4. The van der Waals surface area contributed by atoms with E-state index in [-0.39, 0.29) is 11.8 Å². The van der Waals surface area contributed by atoms with E-state index >= 15 is 0 Å². The number of hydrogen-bond donors (Lipinski definition) is 1. The molecule has 0 bridgehead atoms. The minimum absolute atomic E-state index is 0.0440. The van der Waals surface area contributed by atoms with Crippen molar-refractivity contribution in [3.8, 4) is 0 Å². The van der Waals surface area contributed by atoms with Gasteiger partial charge in [0.1, 0.15) is 5.15 Å². The molecule has 6 heteroatoms. The predicted octanol–water partition coefficient (Wildman–Crippen LogP) is 2.64. The van der Waals surface area contributed by atoms with Crippen LogP contribution in [0.2, 0.25) is 10.2 Å². The van der Waals surface area contributed by atoms with Crippen molar-refractivity contribution < 1.29 is 4.79 Å². The Kier molecular flexibility index (Phi) is 3.64. The maximum absolute atomic E-state index is 11.4. The molecule has 0 saturated heterocycles. The number of carbonyl (C=O) groups excluding carboxylic acids is 1. The molecule has 0 unspecified atom stereocenters. The van der Waals surface area contributed by atoms with E-state index in [0.717, 1.165) is 12.8 Å². The van der Waals surface area contributed by atoms with Crippen LogP contribution in [-0.4, -0.2) is 16.6 Å². The minimum atomic E-state index is -0.0440. The fraction of sp³-hybridized carbons (Fsp3) is 0.364. The zero-order valence-electron chi connectivity index (χ0n) is 9.20. The quantitative estimate of drug-likeness (QED) is 0.522. The van der Waals surface area contributed by atoms with Crippen molar-refractivity contribution in [1.29, 1.82) is 0 Å². The highest BCUT2D eigenvalue weighted by Crippen LogP contribution is 2.28. The molecule has 1 aromatic rings. The molecular formula is C11H11Cl2N3O. The van der Waals surface area contributed by atoms with E-state index in [1.54, 1.807) is 19.1 Å². The first kappa shape index (κ1) is 12.3. The lowest BCUT2D eigenvalue weighted by Crippen LogP contribution is -2.20. The Bertz CT molecular complexity index is 463. The molecular weight excluding hydrogens is 261 g/mol. The van der Waals surface area contributed by atoms with Crippen LogP contribution in [-0.2, 0) is 4.79 Å². The SMILES string of the molecule is C/C(=N\NC(=O)C1CC1)c1cc(Cl)cc(Cl)n1. The molecule has 1 N–H and O–H groups in total. The van der Waals surface area contributed by atoms with Crippen molar-refractivity contribution >= 4 is 34.8 Å². The molecule has 1 saturated carbocycles. The van der Waals surface area contributed by atoms with E-state index in [1.807, 2.05) is 0 Å². The summed E-state index contributed by atoms with van der Waals surface area (Å²) >= 11 is 11.6. The van der Waals surface area contributed by atoms with Crippen molar-refractivity contribution in [1.82, 2.24) is 10.4 Å². The van der Waals surface area contributed by atoms with Gasteiger partial charge in [-0.25, -0.2) is 10.4 Å². The average molecular weight is 272 g/mol. The summed E-state index contributed by atoms with van der Waals surface area (Å²) in [4.78, 5) is 15.5. The summed E-state index contributed by atoms with van der Waals surface area (Å²) in [5, 5.41) is 4.77. The van der Waals surface area contributed by atoms with Gasteiger partial charge in [0.05, 0.1) is 11.4 Å². The number of hydrogen-bond acceptors (Lipinski definition) is 3. The first-order chi connectivity index (χ1) is 8.06. The third kappa shape index (κ3) is 3.41. The highest BCUT2D eigenvalue weighted by molar-refractivity contribution is 6.34. The van der Waals surface area contributed by atoms with Crippen molar-refractivity contribution in [2.45, 2.75) is 19.8 Å². The van der Waals surface area contributed by atoms with Crippen molar-refractivity contribution in [2.75, 3.05) is 0 Å². The molecule has 1 aliphatic carbocycles. The molecule has 17 heavy (non-hydrogen) atoms. The summed E-state index contributed by atoms with van der Waals surface area (Å²) in [7, 11) is 0. The van der Waals surface area contributed by atoms with E-state index in [4.69, 9.17) is 23.2 Å². The van der Waals surface area contributed by atoms with E-state index in [2.05, 4.69) is 15.5 Å². The minimum Gasteiger partial charge on any atom is -0.273 e. The van der Waals surface area contributed by atoms with Crippen molar-refractivity contribution in [3.63, 3.8) is 0 Å². The normalized spacial score (nSPS) is 15.8. The number of amides is 1. The fourth-order valence-corrected chi connectivity index (χ4v) is 1.76. The number of halogens is 2. The molecule has 1 aliphatic rings. The number of pyridine rings is 1. The van der Waals surface area contributed by atoms with Gasteiger partial charge in [0, 0.05) is 10.9 Å². The number of aromatic nitrogens is 1. The van der Waals surface area contributed by atoms with Gasteiger partial charge in [-0.3, -0.25) is 4.79 Å². The smallest absolute Gasteiger partial charge is 0.243 e. The van der Waals surface area contributed by atoms with E-state index in [1.165, 1.54) is 0 Å². The fourth-order valence-electron chi connectivity index (χ4n) is 1.28. The lowest BCUT2D eigenvalue weighted by Gasteiger charge is -2.02. The van der Waals surface area contributed by atoms with Crippen LogP contribution in [0.3, 0.4) is 0 Å². The first-order valence-electron chi connectivity index (χ1n) is 5.24. The third-order valence-corrected chi connectivity index (χ3v) is 2.82. The van der Waals surface area contributed by atoms with Crippen LogP contribution in [0.5, 0.6) is 0 Å². The van der Waals surface area contributed by atoms with Crippen LogP contribution < -0.4 is 5.43 Å². The molecule has 0 aliphatic heterocycles. The monoisotopic (exact) mass is 271 g/mol. The first-order valence-corrected chi connectivity index (χ1v) is 5.99. The number of rotatable bonds is 3. The van der Waals surface area contributed by atoms with Gasteiger partial charge in [0.2, 0.25) is 5.91 Å². The maximum Gasteiger partial charge on any atom is 0.243 e. The summed E-state index contributed by atoms with van der Waals surface area (Å²) < 4.78 is 0. The molecule has 4 nitrogen and oxygen atoms in total. The highest BCUT2D eigenvalue weighted by atomic mass is 35.5. The average Bonchev–Trinajstić information content (AvgIpc) is 3.07. The molecule has 0 aromatic carbocycles. The molecule has 1 amide bonds. The van der Waals surface area contributed by atoms with E-state index < -0.39 is 0 Å². The molecule has 1 heterocycles.